The van der Waals surface area contributed by atoms with Gasteiger partial charge >= 0.3 is 0 Å². The first-order chi connectivity index (χ1) is 29.9. The number of aliphatic hydroxyl groups excluding tert-OH is 1. The van der Waals surface area contributed by atoms with Crippen LogP contribution in [0.1, 0.15) is 128 Å². The van der Waals surface area contributed by atoms with E-state index < -0.39 is 27.9 Å². The van der Waals surface area contributed by atoms with Crippen LogP contribution >= 0.6 is 0 Å². The molecule has 5 fully saturated rings. The van der Waals surface area contributed by atoms with Gasteiger partial charge in [-0.05, 0) is 143 Å². The molecule has 1 aromatic rings. The van der Waals surface area contributed by atoms with Crippen molar-refractivity contribution in [3.05, 3.63) is 82.2 Å². The Labute approximate surface area is 375 Å². The molecule has 0 amide bonds. The van der Waals surface area contributed by atoms with E-state index >= 15 is 4.79 Å². The molecule has 63 heavy (non-hydrogen) atoms. The molecule has 6 aliphatic carbocycles. The summed E-state index contributed by atoms with van der Waals surface area (Å²) >= 11 is 0. The Hall–Kier alpha value is -3.05. The number of Topliss-reactive ketones (excluding diaryl/α,β-unsaturated/α-hetero) is 2. The predicted octanol–water partition coefficient (Wildman–Crippen LogP) is 6.71. The van der Waals surface area contributed by atoms with E-state index in [1.54, 1.807) is 0 Å². The van der Waals surface area contributed by atoms with Gasteiger partial charge in [-0.15, -0.1) is 0 Å². The third kappa shape index (κ3) is 6.54. The minimum Gasteiger partial charge on any atom is -0.390 e. The van der Waals surface area contributed by atoms with Crippen molar-refractivity contribution in [2.24, 2.45) is 50.3 Å². The molecule has 1 aromatic carbocycles. The summed E-state index contributed by atoms with van der Waals surface area (Å²) in [5.41, 5.74) is 5.01. The monoisotopic (exact) mass is 861 g/mol. The van der Waals surface area contributed by atoms with Crippen molar-refractivity contribution in [2.45, 2.75) is 154 Å². The Bertz CT molecular complexity index is 2230. The summed E-state index contributed by atoms with van der Waals surface area (Å²) in [7, 11) is 1.97. The van der Waals surface area contributed by atoms with Crippen LogP contribution in [-0.4, -0.2) is 90.3 Å². The number of quaternary nitrogens is 1. The number of ether oxygens (including phenoxy) is 2. The van der Waals surface area contributed by atoms with E-state index in [0.29, 0.717) is 43.9 Å². The summed E-state index contributed by atoms with van der Waals surface area (Å²) in [5.74, 6) is 0.476. The van der Waals surface area contributed by atoms with Crippen LogP contribution in [0.2, 0.25) is 0 Å². The number of hydrogen-bond acceptors (Lipinski definition) is 8. The Morgan fingerprint density at radius 2 is 1.81 bits per heavy atom. The Kier molecular flexibility index (Phi) is 10.6. The summed E-state index contributed by atoms with van der Waals surface area (Å²) in [6.07, 6.45) is 18.4. The van der Waals surface area contributed by atoms with Crippen LogP contribution in [0.3, 0.4) is 0 Å². The van der Waals surface area contributed by atoms with Crippen LogP contribution in [0.25, 0.3) is 0 Å². The third-order valence-electron chi connectivity index (χ3n) is 19.2. The summed E-state index contributed by atoms with van der Waals surface area (Å²) in [5, 5.41) is 29.2. The summed E-state index contributed by atoms with van der Waals surface area (Å²) in [6, 6.07) is 7.11. The van der Waals surface area contributed by atoms with E-state index in [9.17, 15) is 15.0 Å². The van der Waals surface area contributed by atoms with Gasteiger partial charge in [0.1, 0.15) is 23.8 Å². The number of epoxide rings is 1. The smallest absolute Gasteiger partial charge is 0.160 e. The maximum absolute atomic E-state index is 15.1. The Morgan fingerprint density at radius 3 is 2.54 bits per heavy atom. The molecule has 4 heterocycles. The van der Waals surface area contributed by atoms with E-state index in [1.807, 2.05) is 27.1 Å². The lowest BCUT2D eigenvalue weighted by atomic mass is 9.32. The number of rotatable bonds is 12. The molecule has 4 N–H and O–H groups in total. The largest absolute Gasteiger partial charge is 0.390 e. The zero-order valence-electron chi connectivity index (χ0n) is 39.3. The number of nitrogens with zero attached hydrogens (tertiary/aromatic N) is 1. The van der Waals surface area contributed by atoms with Crippen molar-refractivity contribution < 1.29 is 34.2 Å². The van der Waals surface area contributed by atoms with Gasteiger partial charge in [-0.25, -0.2) is 0 Å². The van der Waals surface area contributed by atoms with Crippen LogP contribution in [-0.2, 0) is 25.5 Å². The maximum Gasteiger partial charge on any atom is 0.160 e. The fourth-order valence-electron chi connectivity index (χ4n) is 16.4. The molecule has 3 saturated carbocycles. The average Bonchev–Trinajstić information content (AvgIpc) is 3.48. The molecular weight excluding hydrogens is 787 g/mol. The first-order valence-electron chi connectivity index (χ1n) is 24.6. The van der Waals surface area contributed by atoms with Gasteiger partial charge in [0.2, 0.25) is 0 Å². The van der Waals surface area contributed by atoms with Crippen LogP contribution in [0.4, 0.5) is 0 Å². The number of fused-ring (bicyclic) bond motifs is 3. The number of allylic oxidation sites excluding steroid dienone is 2. The van der Waals surface area contributed by atoms with Crippen molar-refractivity contribution in [1.29, 1.82) is 0 Å². The van der Waals surface area contributed by atoms with Crippen molar-refractivity contribution in [3.8, 4) is 0 Å². The normalized spacial score (nSPS) is 42.1. The van der Waals surface area contributed by atoms with Gasteiger partial charge in [-0.1, -0.05) is 63.6 Å². The van der Waals surface area contributed by atoms with Crippen molar-refractivity contribution in [2.75, 3.05) is 33.4 Å². The predicted molar refractivity (Wildman–Crippen MR) is 245 cm³/mol. The van der Waals surface area contributed by atoms with Crippen molar-refractivity contribution in [3.63, 3.8) is 0 Å². The molecule has 4 aliphatic heterocycles. The lowest BCUT2D eigenvalue weighted by Gasteiger charge is -2.72. The Balaban J connectivity index is 1.08. The van der Waals surface area contributed by atoms with Crippen LogP contribution in [0.15, 0.2) is 70.5 Å². The van der Waals surface area contributed by atoms with Crippen molar-refractivity contribution in [1.82, 2.24) is 5.32 Å². The van der Waals surface area contributed by atoms with E-state index in [-0.39, 0.29) is 52.6 Å². The maximum atomic E-state index is 15.1. The summed E-state index contributed by atoms with van der Waals surface area (Å²) < 4.78 is 11.6. The number of carbonyl (C=O) groups is 2. The second-order valence-corrected chi connectivity index (χ2v) is 23.1. The highest BCUT2D eigenvalue weighted by atomic mass is 16.6. The molecule has 9 nitrogen and oxygen atoms in total. The first-order valence-corrected chi connectivity index (χ1v) is 24.6. The van der Waals surface area contributed by atoms with E-state index in [0.717, 1.165) is 81.6 Å². The highest BCUT2D eigenvalue weighted by molar-refractivity contribution is 6.07. The average molecular weight is 861 g/mol. The van der Waals surface area contributed by atoms with Crippen LogP contribution in [0, 0.1) is 52.3 Å². The van der Waals surface area contributed by atoms with E-state index in [4.69, 9.17) is 14.5 Å². The molecule has 2 saturated heterocycles. The molecule has 9 heteroatoms. The van der Waals surface area contributed by atoms with E-state index in [2.05, 4.69) is 82.6 Å². The van der Waals surface area contributed by atoms with Gasteiger partial charge in [-0.2, -0.15) is 0 Å². The lowest BCUT2D eigenvalue weighted by molar-refractivity contribution is -0.856. The number of aliphatic hydroxyl groups is 2. The molecule has 13 atom stereocenters. The zero-order valence-corrected chi connectivity index (χ0v) is 39.3. The molecule has 0 aromatic heterocycles. The zero-order chi connectivity index (χ0) is 44.5. The fraction of sp³-hybridized carbons (Fsp3) is 0.685. The van der Waals surface area contributed by atoms with Gasteiger partial charge in [0.25, 0.3) is 0 Å². The molecule has 10 aliphatic rings. The molecule has 340 valence electrons. The van der Waals surface area contributed by atoms with Gasteiger partial charge in [-0.3, -0.25) is 19.5 Å². The van der Waals surface area contributed by atoms with Gasteiger partial charge in [0.05, 0.1) is 29.8 Å². The van der Waals surface area contributed by atoms with Crippen LogP contribution in [0.5, 0.6) is 0 Å². The highest BCUT2D eigenvalue weighted by Gasteiger charge is 2.77. The summed E-state index contributed by atoms with van der Waals surface area (Å²) in [4.78, 5) is 35.6. The highest BCUT2D eigenvalue weighted by Crippen LogP contribution is 2.79. The number of nitrogens with one attached hydrogen (secondary N) is 2. The third-order valence-corrected chi connectivity index (χ3v) is 19.2. The topological polar surface area (TPSA) is 125 Å². The molecule has 1 spiro atoms. The van der Waals surface area contributed by atoms with Gasteiger partial charge < -0.3 is 25.0 Å². The lowest BCUT2D eigenvalue weighted by Crippen LogP contribution is -3.11. The number of aliphatic imine (C=N–C) groups is 1. The second-order valence-electron chi connectivity index (χ2n) is 23.1. The standard InChI is InChI=1S/C54H73N3O6/c1-32-24-34(27-36(25-32)35-13-22-62-23-14-35)28-37-30-57(39-12-20-56-46(37)39)31-38-45-44(33(2)26-40(58)47-49(3,4)63-47)41(59)29-53(45)15-9-16-54(38,61)48-51(6)17-11-43(60)50(5,19-21-55-8)42(51)10-18-52(48,53)7/h9,12,16,20,24-25,27,30,33,35,38-40,42,47-48,55,58,61H,10-11,13-15,17-19,21-23,26,28-29,31H2,1-8H3/p+1/t33-,38-,39?,40-,42-,47+,48?,50+,51-,52+,53-,54-/m1/s1. The summed E-state index contributed by atoms with van der Waals surface area (Å²) in [6.45, 7) is 18.5. The molecule has 3 unspecified atom stereocenters. The number of ketones is 2. The minimum atomic E-state index is -1.27. The Morgan fingerprint density at radius 1 is 1.05 bits per heavy atom. The quantitative estimate of drug-likeness (QED) is 0.136. The minimum absolute atomic E-state index is 0.0259. The van der Waals surface area contributed by atoms with Gasteiger partial charge in [0.15, 0.2) is 11.8 Å². The molecule has 11 rings (SSSR count). The fourth-order valence-corrected chi connectivity index (χ4v) is 16.4. The van der Waals surface area contributed by atoms with Crippen LogP contribution < -0.4 is 10.2 Å². The number of aryl methyl sites for hydroxylation is 1. The second kappa shape index (κ2) is 15.2. The SMILES string of the molecule is CNCC[C@]1(C)C(=O)CC[C@@]2(C)C3[C@](C)(CC[C@@H]21)[C@@]12CC=C[C@@]3(O)[C@H](C[NH+]3C=C(Cc4cc(C)cc(C5CCOCC5)c4)C4=NC=CC43)C1=C([C@H](C)C[C@@H](O)[C@@H]1OC1(C)C)C(=O)C2. The van der Waals surface area contributed by atoms with E-state index in [1.165, 1.54) is 27.2 Å². The molecular formula is C54H74N3O6+. The van der Waals surface area contributed by atoms with Gasteiger partial charge in [0, 0.05) is 61.0 Å². The van der Waals surface area contributed by atoms with Crippen molar-refractivity contribution >= 4 is 17.3 Å². The number of benzene rings is 1. The number of hydrogen-bond donors (Lipinski definition) is 4. The molecule has 0 radical (unpaired) electrons. The first kappa shape index (κ1) is 43.8. The number of carbonyl (C=O) groups excluding carboxylic acids is 2. The molecule has 2 bridgehead atoms.